The van der Waals surface area contributed by atoms with Gasteiger partial charge in [0.05, 0.1) is 11.3 Å². The van der Waals surface area contributed by atoms with Crippen LogP contribution in [0.4, 0.5) is 4.39 Å². The van der Waals surface area contributed by atoms with Gasteiger partial charge in [-0.2, -0.15) is 0 Å². The monoisotopic (exact) mass is 411 g/mol. The van der Waals surface area contributed by atoms with Gasteiger partial charge in [0, 0.05) is 5.56 Å². The fraction of sp³-hybridized carbons (Fsp3) is 0.286. The second-order valence-corrected chi connectivity index (χ2v) is 8.41. The number of carbonyl (C=O) groups excluding carboxylic acids is 1. The number of nitrogens with one attached hydrogen (secondary N) is 1. The zero-order chi connectivity index (χ0) is 20.4. The predicted molar refractivity (Wildman–Crippen MR) is 111 cm³/mol. The third-order valence-electron chi connectivity index (χ3n) is 5.08. The second-order valence-electron chi connectivity index (χ2n) is 7.10. The Morgan fingerprint density at radius 2 is 2.10 bits per heavy atom. The van der Waals surface area contributed by atoms with Crippen molar-refractivity contribution in [3.05, 3.63) is 65.5 Å². The van der Waals surface area contributed by atoms with Crippen molar-refractivity contribution in [2.24, 2.45) is 0 Å². The maximum Gasteiger partial charge on any atom is 0.233 e. The van der Waals surface area contributed by atoms with Crippen molar-refractivity contribution in [3.8, 4) is 11.4 Å². The Morgan fingerprint density at radius 1 is 1.28 bits per heavy atom. The van der Waals surface area contributed by atoms with E-state index in [9.17, 15) is 9.18 Å². The number of hydrogen-bond donors (Lipinski definition) is 2. The maximum absolute atomic E-state index is 13.5. The van der Waals surface area contributed by atoms with Gasteiger partial charge in [-0.25, -0.2) is 9.07 Å². The van der Waals surface area contributed by atoms with Gasteiger partial charge >= 0.3 is 0 Å². The number of hydrogen-bond acceptors (Lipinski definition) is 5. The maximum atomic E-state index is 13.5. The summed E-state index contributed by atoms with van der Waals surface area (Å²) in [6.45, 7) is 1.81. The molecule has 4 rings (SSSR count). The molecule has 6 nitrogen and oxygen atoms in total. The van der Waals surface area contributed by atoms with E-state index in [0.717, 1.165) is 19.3 Å². The summed E-state index contributed by atoms with van der Waals surface area (Å²) in [6, 6.07) is 14.3. The quantitative estimate of drug-likeness (QED) is 0.496. The molecule has 0 aliphatic heterocycles. The first-order valence-corrected chi connectivity index (χ1v) is 10.4. The molecule has 1 aromatic heterocycles. The number of amides is 1. The van der Waals surface area contributed by atoms with Crippen molar-refractivity contribution in [3.63, 3.8) is 0 Å². The van der Waals surface area contributed by atoms with Crippen molar-refractivity contribution in [2.75, 3.05) is 5.84 Å². The Bertz CT molecular complexity index is 1040. The highest BCUT2D eigenvalue weighted by Gasteiger charge is 2.25. The Balaban J connectivity index is 1.45. The summed E-state index contributed by atoms with van der Waals surface area (Å²) in [5, 5.41) is 11.3. The third kappa shape index (κ3) is 4.12. The number of aromatic nitrogens is 3. The molecule has 3 N–H and O–H groups in total. The molecule has 2 atom stereocenters. The van der Waals surface area contributed by atoms with Crippen LogP contribution in [0.1, 0.15) is 36.9 Å². The van der Waals surface area contributed by atoms with Crippen LogP contribution in [0, 0.1) is 5.82 Å². The van der Waals surface area contributed by atoms with E-state index >= 15 is 0 Å². The lowest BCUT2D eigenvalue weighted by atomic mass is 9.88. The minimum Gasteiger partial charge on any atom is -0.348 e. The van der Waals surface area contributed by atoms with Gasteiger partial charge in [-0.3, -0.25) is 4.79 Å². The molecule has 150 valence electrons. The lowest BCUT2D eigenvalue weighted by Crippen LogP contribution is -2.36. The van der Waals surface area contributed by atoms with Crippen LogP contribution < -0.4 is 11.2 Å². The minimum absolute atomic E-state index is 0.0223. The second kappa shape index (κ2) is 8.24. The molecule has 3 aromatic rings. The van der Waals surface area contributed by atoms with Gasteiger partial charge in [0.25, 0.3) is 0 Å². The first-order valence-electron chi connectivity index (χ1n) is 9.54. The van der Waals surface area contributed by atoms with Crippen molar-refractivity contribution < 1.29 is 9.18 Å². The summed E-state index contributed by atoms with van der Waals surface area (Å²) in [7, 11) is 0. The number of nitrogens with two attached hydrogens (primary N) is 1. The molecule has 1 heterocycles. The van der Waals surface area contributed by atoms with Crippen molar-refractivity contribution in [2.45, 2.75) is 42.6 Å². The normalized spacial score (nSPS) is 16.8. The summed E-state index contributed by atoms with van der Waals surface area (Å²) >= 11 is 1.23. The topological polar surface area (TPSA) is 85.8 Å². The molecule has 1 amide bonds. The summed E-state index contributed by atoms with van der Waals surface area (Å²) in [6.07, 6.45) is 3.03. The van der Waals surface area contributed by atoms with Crippen LogP contribution in [-0.2, 0) is 11.2 Å². The van der Waals surface area contributed by atoms with Crippen LogP contribution in [0.3, 0.4) is 0 Å². The molecular formula is C21H22FN5OS. The third-order valence-corrected chi connectivity index (χ3v) is 6.14. The van der Waals surface area contributed by atoms with Crippen LogP contribution in [0.5, 0.6) is 0 Å². The Kier molecular flexibility index (Phi) is 5.53. The molecule has 0 fully saturated rings. The average molecular weight is 412 g/mol. The number of halogens is 1. The lowest BCUT2D eigenvalue weighted by Gasteiger charge is -2.27. The number of benzene rings is 2. The molecule has 1 aliphatic rings. The lowest BCUT2D eigenvalue weighted by molar-refractivity contribution is -0.121. The van der Waals surface area contributed by atoms with E-state index in [1.165, 1.54) is 39.7 Å². The van der Waals surface area contributed by atoms with E-state index in [1.807, 2.05) is 19.1 Å². The first kappa shape index (κ1) is 19.4. The van der Waals surface area contributed by atoms with Crippen LogP contribution in [0.25, 0.3) is 11.4 Å². The van der Waals surface area contributed by atoms with E-state index in [0.29, 0.717) is 16.5 Å². The zero-order valence-corrected chi connectivity index (χ0v) is 16.8. The van der Waals surface area contributed by atoms with Gasteiger partial charge in [0.15, 0.2) is 5.82 Å². The largest absolute Gasteiger partial charge is 0.348 e. The van der Waals surface area contributed by atoms with Crippen LogP contribution >= 0.6 is 11.8 Å². The highest BCUT2D eigenvalue weighted by Crippen LogP contribution is 2.31. The summed E-state index contributed by atoms with van der Waals surface area (Å²) in [5.41, 5.74) is 3.02. The van der Waals surface area contributed by atoms with Gasteiger partial charge in [0.1, 0.15) is 5.82 Å². The predicted octanol–water partition coefficient (Wildman–Crippen LogP) is 3.47. The highest BCUT2D eigenvalue weighted by molar-refractivity contribution is 8.00. The Morgan fingerprint density at radius 3 is 2.93 bits per heavy atom. The molecule has 0 unspecified atom stereocenters. The number of nitrogen functional groups attached to an aromatic ring is 1. The SMILES string of the molecule is C[C@@H](Sc1nnc(-c2cccc(F)c2)n1N)C(=O)N[C@H]1CCCc2ccccc21. The van der Waals surface area contributed by atoms with Crippen molar-refractivity contribution >= 4 is 17.7 Å². The molecule has 0 spiro atoms. The van der Waals surface area contributed by atoms with E-state index in [2.05, 4.69) is 27.6 Å². The number of aryl methyl sites for hydroxylation is 1. The van der Waals surface area contributed by atoms with E-state index < -0.39 is 5.25 Å². The van der Waals surface area contributed by atoms with Crippen LogP contribution in [0.2, 0.25) is 0 Å². The van der Waals surface area contributed by atoms with Gasteiger partial charge < -0.3 is 11.2 Å². The summed E-state index contributed by atoms with van der Waals surface area (Å²) < 4.78 is 14.8. The van der Waals surface area contributed by atoms with Crippen LogP contribution in [-0.4, -0.2) is 26.0 Å². The van der Waals surface area contributed by atoms with Crippen LogP contribution in [0.15, 0.2) is 53.7 Å². The number of thioether (sulfide) groups is 1. The fourth-order valence-corrected chi connectivity index (χ4v) is 4.37. The molecule has 0 saturated carbocycles. The Labute approximate surface area is 172 Å². The van der Waals surface area contributed by atoms with E-state index in [-0.39, 0.29) is 17.8 Å². The standard InChI is InChI=1S/C21H22FN5OS/c1-13(20(28)24-18-11-5-7-14-6-2-3-10-17(14)18)29-21-26-25-19(27(21)23)15-8-4-9-16(22)12-15/h2-4,6,8-10,12-13,18H,5,7,11,23H2,1H3,(H,24,28)/t13-,18+/m1/s1. The number of rotatable bonds is 5. The molecular weight excluding hydrogens is 389 g/mol. The molecule has 2 aromatic carbocycles. The molecule has 0 radical (unpaired) electrons. The molecule has 0 saturated heterocycles. The minimum atomic E-state index is -0.407. The van der Waals surface area contributed by atoms with E-state index in [4.69, 9.17) is 5.84 Å². The summed E-state index contributed by atoms with van der Waals surface area (Å²) in [5.74, 6) is 5.99. The molecule has 8 heteroatoms. The highest BCUT2D eigenvalue weighted by atomic mass is 32.2. The zero-order valence-electron chi connectivity index (χ0n) is 16.0. The van der Waals surface area contributed by atoms with Crippen molar-refractivity contribution in [1.82, 2.24) is 20.2 Å². The number of fused-ring (bicyclic) bond motifs is 1. The van der Waals surface area contributed by atoms with Crippen molar-refractivity contribution in [1.29, 1.82) is 0 Å². The van der Waals surface area contributed by atoms with Gasteiger partial charge in [-0.15, -0.1) is 10.2 Å². The van der Waals surface area contributed by atoms with Gasteiger partial charge in [0.2, 0.25) is 11.1 Å². The number of carbonyl (C=O) groups is 1. The van der Waals surface area contributed by atoms with Gasteiger partial charge in [-0.1, -0.05) is 48.2 Å². The summed E-state index contributed by atoms with van der Waals surface area (Å²) in [4.78, 5) is 12.8. The fourth-order valence-electron chi connectivity index (χ4n) is 3.59. The molecule has 0 bridgehead atoms. The smallest absolute Gasteiger partial charge is 0.233 e. The average Bonchev–Trinajstić information content (AvgIpc) is 3.08. The number of nitrogens with zero attached hydrogens (tertiary/aromatic N) is 3. The molecule has 1 aliphatic carbocycles. The van der Waals surface area contributed by atoms with E-state index in [1.54, 1.807) is 12.1 Å². The Hall–Kier alpha value is -2.87. The van der Waals surface area contributed by atoms with Gasteiger partial charge in [-0.05, 0) is 49.4 Å². The molecule has 29 heavy (non-hydrogen) atoms. The first-order chi connectivity index (χ1) is 14.0.